The van der Waals surface area contributed by atoms with Crippen molar-refractivity contribution in [3.05, 3.63) is 12.7 Å². The number of nitrogens with one attached hydrogen (secondary N) is 1. The molecule has 0 aromatic carbocycles. The molecule has 5 N–H and O–H groups in total. The molecule has 0 rings (SSSR count). The van der Waals surface area contributed by atoms with E-state index in [-0.39, 0.29) is 0 Å². The normalized spacial score (nSPS) is 16.2. The van der Waals surface area contributed by atoms with Gasteiger partial charge in [0.15, 0.2) is 0 Å². The highest BCUT2D eigenvalue weighted by Crippen LogP contribution is 1.96. The monoisotopic (exact) mass is 216 g/mol. The largest absolute Gasteiger partial charge is 0.481 e. The second kappa shape index (κ2) is 6.15. The fourth-order valence-corrected chi connectivity index (χ4v) is 0.929. The van der Waals surface area contributed by atoms with Gasteiger partial charge in [-0.2, -0.15) is 0 Å². The Morgan fingerprint density at radius 2 is 2.13 bits per heavy atom. The molecule has 0 bridgehead atoms. The summed E-state index contributed by atoms with van der Waals surface area (Å²) in [5.74, 6) is -1.77. The van der Waals surface area contributed by atoms with E-state index in [0.29, 0.717) is 0 Å². The van der Waals surface area contributed by atoms with Crippen LogP contribution in [0.5, 0.6) is 0 Å². The summed E-state index contributed by atoms with van der Waals surface area (Å²) < 4.78 is 0. The van der Waals surface area contributed by atoms with Crippen LogP contribution >= 0.6 is 0 Å². The molecular formula is C9H16N2O4. The van der Waals surface area contributed by atoms with Gasteiger partial charge in [-0.15, -0.1) is 6.58 Å². The number of aliphatic carboxylic acids is 1. The van der Waals surface area contributed by atoms with Crippen LogP contribution in [0.2, 0.25) is 0 Å². The Morgan fingerprint density at radius 1 is 1.60 bits per heavy atom. The van der Waals surface area contributed by atoms with E-state index in [2.05, 4.69) is 11.9 Å². The van der Waals surface area contributed by atoms with Gasteiger partial charge < -0.3 is 21.3 Å². The summed E-state index contributed by atoms with van der Waals surface area (Å²) in [6.07, 6.45) is 0.106. The predicted molar refractivity (Wildman–Crippen MR) is 54.0 cm³/mol. The SMILES string of the molecule is C=C[C@H](NC(=O)[C@@H](N)CC(=O)O)C(C)O. The summed E-state index contributed by atoms with van der Waals surface area (Å²) in [6, 6.07) is -1.75. The van der Waals surface area contributed by atoms with Crippen LogP contribution in [0.15, 0.2) is 12.7 Å². The number of rotatable bonds is 6. The number of hydrogen-bond acceptors (Lipinski definition) is 4. The number of carboxylic acid groups (broad SMARTS) is 1. The van der Waals surface area contributed by atoms with Gasteiger partial charge in [0.1, 0.15) is 0 Å². The van der Waals surface area contributed by atoms with E-state index >= 15 is 0 Å². The highest BCUT2D eigenvalue weighted by atomic mass is 16.4. The van der Waals surface area contributed by atoms with Crippen molar-refractivity contribution in [3.8, 4) is 0 Å². The molecule has 0 aliphatic heterocycles. The molecule has 0 aromatic rings. The number of carbonyl (C=O) groups is 2. The molecule has 1 amide bonds. The Bertz CT molecular complexity index is 252. The standard InChI is InChI=1S/C9H16N2O4/c1-3-7(5(2)12)11-9(15)6(10)4-8(13)14/h3,5-7,12H,1,4,10H2,2H3,(H,11,15)(H,13,14)/t5?,6-,7-/m0/s1. The molecule has 0 aliphatic carbocycles. The number of carboxylic acids is 1. The van der Waals surface area contributed by atoms with Crippen molar-refractivity contribution in [1.29, 1.82) is 0 Å². The molecule has 1 unspecified atom stereocenters. The van der Waals surface area contributed by atoms with Crippen molar-refractivity contribution in [2.24, 2.45) is 5.73 Å². The van der Waals surface area contributed by atoms with E-state index in [1.807, 2.05) is 0 Å². The lowest BCUT2D eigenvalue weighted by Gasteiger charge is -2.19. The zero-order valence-corrected chi connectivity index (χ0v) is 8.51. The van der Waals surface area contributed by atoms with E-state index < -0.39 is 36.5 Å². The molecule has 6 heteroatoms. The Balaban J connectivity index is 4.21. The van der Waals surface area contributed by atoms with Gasteiger partial charge in [0, 0.05) is 0 Å². The zero-order chi connectivity index (χ0) is 12.0. The average Bonchev–Trinajstić information content (AvgIpc) is 2.11. The van der Waals surface area contributed by atoms with E-state index in [0.717, 1.165) is 0 Å². The molecular weight excluding hydrogens is 200 g/mol. The first-order chi connectivity index (χ1) is 6.88. The Labute approximate surface area is 87.8 Å². The minimum Gasteiger partial charge on any atom is -0.481 e. The second-order valence-corrected chi connectivity index (χ2v) is 3.22. The minimum atomic E-state index is -1.15. The summed E-state index contributed by atoms with van der Waals surface area (Å²) >= 11 is 0. The van der Waals surface area contributed by atoms with Gasteiger partial charge in [-0.3, -0.25) is 9.59 Å². The molecule has 0 fully saturated rings. The third kappa shape index (κ3) is 5.14. The van der Waals surface area contributed by atoms with Gasteiger partial charge >= 0.3 is 5.97 Å². The molecule has 0 radical (unpaired) electrons. The van der Waals surface area contributed by atoms with Crippen LogP contribution in [0.3, 0.4) is 0 Å². The van der Waals surface area contributed by atoms with Gasteiger partial charge in [0.25, 0.3) is 0 Å². The Hall–Kier alpha value is -1.40. The van der Waals surface area contributed by atoms with Crippen molar-refractivity contribution in [2.75, 3.05) is 0 Å². The smallest absolute Gasteiger partial charge is 0.305 e. The summed E-state index contributed by atoms with van der Waals surface area (Å²) in [7, 11) is 0. The third-order valence-electron chi connectivity index (χ3n) is 1.81. The number of hydrogen-bond donors (Lipinski definition) is 4. The van der Waals surface area contributed by atoms with Crippen LogP contribution in [0, 0.1) is 0 Å². The summed E-state index contributed by atoms with van der Waals surface area (Å²) in [6.45, 7) is 4.91. The fraction of sp³-hybridized carbons (Fsp3) is 0.556. The van der Waals surface area contributed by atoms with Gasteiger partial charge in [-0.05, 0) is 6.92 Å². The molecule has 3 atom stereocenters. The lowest BCUT2D eigenvalue weighted by molar-refractivity contribution is -0.139. The molecule has 0 aromatic heterocycles. The van der Waals surface area contributed by atoms with Crippen LogP contribution in [0.4, 0.5) is 0 Å². The topological polar surface area (TPSA) is 113 Å². The lowest BCUT2D eigenvalue weighted by Crippen LogP contribution is -2.48. The first-order valence-electron chi connectivity index (χ1n) is 4.46. The van der Waals surface area contributed by atoms with Crippen LogP contribution in [-0.4, -0.2) is 40.3 Å². The predicted octanol–water partition coefficient (Wildman–Crippen LogP) is -1.16. The van der Waals surface area contributed by atoms with Crippen molar-refractivity contribution in [2.45, 2.75) is 31.5 Å². The molecule has 0 aliphatic rings. The van der Waals surface area contributed by atoms with Crippen LogP contribution in [0.1, 0.15) is 13.3 Å². The van der Waals surface area contributed by atoms with E-state index in [4.69, 9.17) is 10.8 Å². The van der Waals surface area contributed by atoms with Crippen molar-refractivity contribution in [3.63, 3.8) is 0 Å². The Kier molecular flexibility index (Phi) is 5.58. The second-order valence-electron chi connectivity index (χ2n) is 3.22. The molecule has 6 nitrogen and oxygen atoms in total. The number of nitrogens with two attached hydrogens (primary N) is 1. The lowest BCUT2D eigenvalue weighted by atomic mass is 10.1. The van der Waals surface area contributed by atoms with E-state index in [9.17, 15) is 14.7 Å². The minimum absolute atomic E-state index is 0.449. The van der Waals surface area contributed by atoms with Crippen molar-refractivity contribution in [1.82, 2.24) is 5.32 Å². The Morgan fingerprint density at radius 3 is 2.47 bits per heavy atom. The van der Waals surface area contributed by atoms with E-state index in [1.54, 1.807) is 0 Å². The average molecular weight is 216 g/mol. The molecule has 0 heterocycles. The number of carbonyl (C=O) groups excluding carboxylic acids is 1. The molecule has 86 valence electrons. The van der Waals surface area contributed by atoms with Gasteiger partial charge in [-0.25, -0.2) is 0 Å². The summed E-state index contributed by atoms with van der Waals surface area (Å²) in [5.41, 5.74) is 5.31. The van der Waals surface area contributed by atoms with E-state index in [1.165, 1.54) is 13.0 Å². The summed E-state index contributed by atoms with van der Waals surface area (Å²) in [5, 5.41) is 20.0. The number of aliphatic hydroxyl groups is 1. The number of aliphatic hydroxyl groups excluding tert-OH is 1. The maximum absolute atomic E-state index is 11.3. The maximum atomic E-state index is 11.3. The highest BCUT2D eigenvalue weighted by molar-refractivity contribution is 5.86. The van der Waals surface area contributed by atoms with Crippen LogP contribution < -0.4 is 11.1 Å². The summed E-state index contributed by atoms with van der Waals surface area (Å²) in [4.78, 5) is 21.6. The van der Waals surface area contributed by atoms with Crippen LogP contribution in [-0.2, 0) is 9.59 Å². The zero-order valence-electron chi connectivity index (χ0n) is 8.51. The van der Waals surface area contributed by atoms with Crippen molar-refractivity contribution >= 4 is 11.9 Å². The fourth-order valence-electron chi connectivity index (χ4n) is 0.929. The molecule has 15 heavy (non-hydrogen) atoms. The third-order valence-corrected chi connectivity index (χ3v) is 1.81. The van der Waals surface area contributed by atoms with Crippen molar-refractivity contribution < 1.29 is 19.8 Å². The van der Waals surface area contributed by atoms with Gasteiger partial charge in [0.2, 0.25) is 5.91 Å². The van der Waals surface area contributed by atoms with Gasteiger partial charge in [0.05, 0.1) is 24.6 Å². The van der Waals surface area contributed by atoms with Gasteiger partial charge in [-0.1, -0.05) is 6.08 Å². The highest BCUT2D eigenvalue weighted by Gasteiger charge is 2.20. The maximum Gasteiger partial charge on any atom is 0.305 e. The first-order valence-corrected chi connectivity index (χ1v) is 4.46. The molecule has 0 spiro atoms. The molecule has 0 saturated heterocycles. The quantitative estimate of drug-likeness (QED) is 0.418. The number of amides is 1. The first kappa shape index (κ1) is 13.6. The molecule has 0 saturated carbocycles. The van der Waals surface area contributed by atoms with Crippen LogP contribution in [0.25, 0.3) is 0 Å².